The van der Waals surface area contributed by atoms with Crippen LogP contribution in [0.25, 0.3) is 0 Å². The van der Waals surface area contributed by atoms with Crippen molar-refractivity contribution in [2.24, 2.45) is 5.73 Å². The minimum absolute atomic E-state index is 0.0767. The molecule has 1 aromatic heterocycles. The third kappa shape index (κ3) is 2.93. The molecule has 1 aromatic carbocycles. The van der Waals surface area contributed by atoms with Crippen LogP contribution >= 0.6 is 0 Å². The summed E-state index contributed by atoms with van der Waals surface area (Å²) >= 11 is 0. The SMILES string of the molecule is Cc1ccc(C)c(CC(N)c2ccnc(C)n2)c1. The van der Waals surface area contributed by atoms with E-state index in [9.17, 15) is 0 Å². The zero-order valence-corrected chi connectivity index (χ0v) is 11.1. The van der Waals surface area contributed by atoms with Crippen LogP contribution in [0, 0.1) is 20.8 Å². The number of nitrogens with zero attached hydrogens (tertiary/aromatic N) is 2. The highest BCUT2D eigenvalue weighted by Gasteiger charge is 2.10. The highest BCUT2D eigenvalue weighted by atomic mass is 14.9. The van der Waals surface area contributed by atoms with Gasteiger partial charge in [0.25, 0.3) is 0 Å². The lowest BCUT2D eigenvalue weighted by Gasteiger charge is -2.14. The Morgan fingerprint density at radius 1 is 1.17 bits per heavy atom. The summed E-state index contributed by atoms with van der Waals surface area (Å²) in [6, 6.07) is 8.28. The Hall–Kier alpha value is -1.74. The molecule has 1 unspecified atom stereocenters. The van der Waals surface area contributed by atoms with Gasteiger partial charge in [0.15, 0.2) is 0 Å². The molecule has 0 amide bonds. The monoisotopic (exact) mass is 241 g/mol. The molecule has 2 aromatic rings. The second-order valence-electron chi connectivity index (χ2n) is 4.77. The maximum atomic E-state index is 6.22. The zero-order valence-electron chi connectivity index (χ0n) is 11.1. The lowest BCUT2D eigenvalue weighted by atomic mass is 9.98. The van der Waals surface area contributed by atoms with Gasteiger partial charge in [0.1, 0.15) is 5.82 Å². The number of nitrogens with two attached hydrogens (primary N) is 1. The van der Waals surface area contributed by atoms with Crippen molar-refractivity contribution in [3.63, 3.8) is 0 Å². The van der Waals surface area contributed by atoms with E-state index in [0.29, 0.717) is 0 Å². The largest absolute Gasteiger partial charge is 0.322 e. The number of aryl methyl sites for hydroxylation is 3. The van der Waals surface area contributed by atoms with Gasteiger partial charge in [-0.15, -0.1) is 0 Å². The van der Waals surface area contributed by atoms with Crippen molar-refractivity contribution < 1.29 is 0 Å². The van der Waals surface area contributed by atoms with E-state index in [1.54, 1.807) is 6.20 Å². The van der Waals surface area contributed by atoms with Crippen LogP contribution < -0.4 is 5.73 Å². The maximum Gasteiger partial charge on any atom is 0.125 e. The van der Waals surface area contributed by atoms with Crippen LogP contribution in [0.15, 0.2) is 30.5 Å². The van der Waals surface area contributed by atoms with E-state index in [4.69, 9.17) is 5.73 Å². The molecule has 0 aliphatic heterocycles. The van der Waals surface area contributed by atoms with E-state index in [1.807, 2.05) is 13.0 Å². The highest BCUT2D eigenvalue weighted by Crippen LogP contribution is 2.18. The van der Waals surface area contributed by atoms with E-state index in [-0.39, 0.29) is 6.04 Å². The van der Waals surface area contributed by atoms with Gasteiger partial charge in [-0.1, -0.05) is 23.8 Å². The van der Waals surface area contributed by atoms with Gasteiger partial charge in [-0.2, -0.15) is 0 Å². The molecule has 0 saturated carbocycles. The predicted octanol–water partition coefficient (Wildman–Crippen LogP) is 2.64. The molecule has 2 N–H and O–H groups in total. The van der Waals surface area contributed by atoms with Crippen molar-refractivity contribution in [3.8, 4) is 0 Å². The first-order valence-electron chi connectivity index (χ1n) is 6.17. The number of rotatable bonds is 3. The molecule has 2 rings (SSSR count). The third-order valence-corrected chi connectivity index (χ3v) is 3.12. The fourth-order valence-corrected chi connectivity index (χ4v) is 2.04. The quantitative estimate of drug-likeness (QED) is 0.898. The van der Waals surface area contributed by atoms with Crippen LogP contribution in [0.5, 0.6) is 0 Å². The molecular weight excluding hydrogens is 222 g/mol. The highest BCUT2D eigenvalue weighted by molar-refractivity contribution is 5.31. The van der Waals surface area contributed by atoms with Crippen LogP contribution in [0.2, 0.25) is 0 Å². The van der Waals surface area contributed by atoms with Crippen molar-refractivity contribution in [1.82, 2.24) is 9.97 Å². The van der Waals surface area contributed by atoms with Gasteiger partial charge in [-0.25, -0.2) is 9.97 Å². The van der Waals surface area contributed by atoms with Crippen LogP contribution in [0.4, 0.5) is 0 Å². The minimum atomic E-state index is -0.0767. The van der Waals surface area contributed by atoms with Gasteiger partial charge in [0, 0.05) is 6.20 Å². The zero-order chi connectivity index (χ0) is 13.1. The van der Waals surface area contributed by atoms with Gasteiger partial charge in [0.2, 0.25) is 0 Å². The molecule has 3 heteroatoms. The van der Waals surface area contributed by atoms with Crippen molar-refractivity contribution in [1.29, 1.82) is 0 Å². The number of aromatic nitrogens is 2. The molecule has 3 nitrogen and oxygen atoms in total. The average molecular weight is 241 g/mol. The summed E-state index contributed by atoms with van der Waals surface area (Å²) in [7, 11) is 0. The summed E-state index contributed by atoms with van der Waals surface area (Å²) in [6.45, 7) is 6.10. The second kappa shape index (κ2) is 5.27. The Morgan fingerprint density at radius 3 is 2.67 bits per heavy atom. The molecule has 94 valence electrons. The lowest BCUT2D eigenvalue weighted by Crippen LogP contribution is -2.16. The molecule has 1 atom stereocenters. The van der Waals surface area contributed by atoms with Crippen LogP contribution in [-0.4, -0.2) is 9.97 Å². The molecule has 0 radical (unpaired) electrons. The molecule has 0 aliphatic rings. The topological polar surface area (TPSA) is 51.8 Å². The van der Waals surface area contributed by atoms with E-state index >= 15 is 0 Å². The molecule has 1 heterocycles. The van der Waals surface area contributed by atoms with Crippen LogP contribution in [0.3, 0.4) is 0 Å². The molecule has 0 bridgehead atoms. The van der Waals surface area contributed by atoms with E-state index in [0.717, 1.165) is 17.9 Å². The number of hydrogen-bond donors (Lipinski definition) is 1. The first kappa shape index (κ1) is 12.7. The van der Waals surface area contributed by atoms with Gasteiger partial charge in [-0.05, 0) is 44.4 Å². The first-order chi connectivity index (χ1) is 8.56. The minimum Gasteiger partial charge on any atom is -0.322 e. The Kier molecular flexibility index (Phi) is 3.72. The molecule has 18 heavy (non-hydrogen) atoms. The Morgan fingerprint density at radius 2 is 1.94 bits per heavy atom. The van der Waals surface area contributed by atoms with Gasteiger partial charge in [0.05, 0.1) is 11.7 Å². The van der Waals surface area contributed by atoms with Crippen LogP contribution in [0.1, 0.15) is 34.3 Å². The Bertz CT molecular complexity index is 549. The summed E-state index contributed by atoms with van der Waals surface area (Å²) in [5.74, 6) is 0.768. The molecule has 0 spiro atoms. The summed E-state index contributed by atoms with van der Waals surface area (Å²) < 4.78 is 0. The van der Waals surface area contributed by atoms with E-state index in [2.05, 4.69) is 42.0 Å². The Balaban J connectivity index is 2.21. The second-order valence-corrected chi connectivity index (χ2v) is 4.77. The number of benzene rings is 1. The van der Waals surface area contributed by atoms with Crippen molar-refractivity contribution in [3.05, 3.63) is 58.7 Å². The van der Waals surface area contributed by atoms with E-state index in [1.165, 1.54) is 16.7 Å². The van der Waals surface area contributed by atoms with E-state index < -0.39 is 0 Å². The summed E-state index contributed by atoms with van der Waals surface area (Å²) in [4.78, 5) is 8.48. The van der Waals surface area contributed by atoms with Crippen molar-refractivity contribution in [2.45, 2.75) is 33.2 Å². The number of hydrogen-bond acceptors (Lipinski definition) is 3. The van der Waals surface area contributed by atoms with Gasteiger partial charge >= 0.3 is 0 Å². The molecule has 0 aliphatic carbocycles. The normalized spacial score (nSPS) is 12.4. The molecular formula is C15H19N3. The summed E-state index contributed by atoms with van der Waals surface area (Å²) in [5.41, 5.74) is 11.0. The van der Waals surface area contributed by atoms with Crippen molar-refractivity contribution in [2.75, 3.05) is 0 Å². The lowest BCUT2D eigenvalue weighted by molar-refractivity contribution is 0.685. The Labute approximate surface area is 108 Å². The average Bonchev–Trinajstić information content (AvgIpc) is 2.34. The van der Waals surface area contributed by atoms with Gasteiger partial charge in [-0.3, -0.25) is 0 Å². The smallest absolute Gasteiger partial charge is 0.125 e. The summed E-state index contributed by atoms with van der Waals surface area (Å²) in [6.07, 6.45) is 2.57. The van der Waals surface area contributed by atoms with Crippen LogP contribution in [-0.2, 0) is 6.42 Å². The third-order valence-electron chi connectivity index (χ3n) is 3.12. The standard InChI is InChI=1S/C15H19N3/c1-10-4-5-11(2)13(8-10)9-14(16)15-6-7-17-12(3)18-15/h4-8,14H,9,16H2,1-3H3. The maximum absolute atomic E-state index is 6.22. The fraction of sp³-hybridized carbons (Fsp3) is 0.333. The fourth-order valence-electron chi connectivity index (χ4n) is 2.04. The predicted molar refractivity (Wildman–Crippen MR) is 73.3 cm³/mol. The first-order valence-corrected chi connectivity index (χ1v) is 6.17. The van der Waals surface area contributed by atoms with Crippen molar-refractivity contribution >= 4 is 0 Å². The molecule has 0 fully saturated rings. The molecule has 0 saturated heterocycles. The van der Waals surface area contributed by atoms with Gasteiger partial charge < -0.3 is 5.73 Å². The summed E-state index contributed by atoms with van der Waals surface area (Å²) in [5, 5.41) is 0.